The minimum Gasteiger partial charge on any atom is -0.350 e. The van der Waals surface area contributed by atoms with E-state index >= 15 is 0 Å². The summed E-state index contributed by atoms with van der Waals surface area (Å²) in [5.74, 6) is -0.249. The van der Waals surface area contributed by atoms with Crippen molar-refractivity contribution in [2.24, 2.45) is 0 Å². The van der Waals surface area contributed by atoms with Crippen LogP contribution in [0.15, 0.2) is 59.4 Å². The Morgan fingerprint density at radius 2 is 1.81 bits per heavy atom. The molecule has 1 heterocycles. The Labute approximate surface area is 171 Å². The summed E-state index contributed by atoms with van der Waals surface area (Å²) in [6.45, 7) is 4.32. The van der Waals surface area contributed by atoms with Crippen LogP contribution < -0.4 is 10.9 Å². The van der Waals surface area contributed by atoms with Crippen molar-refractivity contribution in [3.63, 3.8) is 0 Å². The van der Waals surface area contributed by atoms with E-state index < -0.39 is 0 Å². The van der Waals surface area contributed by atoms with Crippen LogP contribution in [0.4, 0.5) is 0 Å². The van der Waals surface area contributed by atoms with Gasteiger partial charge in [0.2, 0.25) is 5.91 Å². The first kappa shape index (κ1) is 19.3. The summed E-state index contributed by atoms with van der Waals surface area (Å²) in [5, 5.41) is 7.23. The number of amides is 1. The summed E-state index contributed by atoms with van der Waals surface area (Å²) < 4.78 is 2.35. The average Bonchev–Trinajstić information content (AvgIpc) is 2.65. The SMILES string of the molecule is Cc1ccc(C)c(-c2ccc(=O)n(CC(=O)NCc3ccc(I)cc3)n2)c1. The Bertz CT molecular complexity index is 1030. The summed E-state index contributed by atoms with van der Waals surface area (Å²) in [6, 6.07) is 17.1. The van der Waals surface area contributed by atoms with E-state index in [1.165, 1.54) is 10.7 Å². The number of aromatic nitrogens is 2. The first-order chi connectivity index (χ1) is 12.9. The number of halogens is 1. The van der Waals surface area contributed by atoms with E-state index in [0.29, 0.717) is 12.2 Å². The van der Waals surface area contributed by atoms with Gasteiger partial charge in [-0.05, 0) is 71.8 Å². The van der Waals surface area contributed by atoms with E-state index in [9.17, 15) is 9.59 Å². The maximum absolute atomic E-state index is 12.3. The van der Waals surface area contributed by atoms with Crippen molar-refractivity contribution in [3.05, 3.63) is 85.2 Å². The van der Waals surface area contributed by atoms with Gasteiger partial charge in [-0.15, -0.1) is 0 Å². The van der Waals surface area contributed by atoms with Crippen LogP contribution in [0, 0.1) is 17.4 Å². The Hall–Kier alpha value is -2.48. The summed E-state index contributed by atoms with van der Waals surface area (Å²) in [7, 11) is 0. The molecule has 0 aliphatic rings. The van der Waals surface area contributed by atoms with E-state index in [4.69, 9.17) is 0 Å². The summed E-state index contributed by atoms with van der Waals surface area (Å²) in [5.41, 5.74) is 4.54. The van der Waals surface area contributed by atoms with Crippen LogP contribution in [0.25, 0.3) is 11.3 Å². The predicted molar refractivity (Wildman–Crippen MR) is 114 cm³/mol. The molecule has 0 saturated heterocycles. The molecule has 6 heteroatoms. The van der Waals surface area contributed by atoms with Gasteiger partial charge in [-0.3, -0.25) is 9.59 Å². The second-order valence-electron chi connectivity index (χ2n) is 6.44. The van der Waals surface area contributed by atoms with Crippen molar-refractivity contribution >= 4 is 28.5 Å². The van der Waals surface area contributed by atoms with Crippen molar-refractivity contribution in [2.75, 3.05) is 0 Å². The molecule has 2 aromatic carbocycles. The molecule has 5 nitrogen and oxygen atoms in total. The third-order valence-electron chi connectivity index (χ3n) is 4.23. The molecule has 0 aliphatic carbocycles. The van der Waals surface area contributed by atoms with E-state index in [-0.39, 0.29) is 18.0 Å². The molecular formula is C21H20IN3O2. The molecule has 0 aliphatic heterocycles. The van der Waals surface area contributed by atoms with Crippen molar-refractivity contribution in [2.45, 2.75) is 26.9 Å². The van der Waals surface area contributed by atoms with E-state index in [2.05, 4.69) is 33.0 Å². The highest BCUT2D eigenvalue weighted by Crippen LogP contribution is 2.21. The van der Waals surface area contributed by atoms with Gasteiger partial charge < -0.3 is 5.32 Å². The molecule has 0 unspecified atom stereocenters. The van der Waals surface area contributed by atoms with Crippen molar-refractivity contribution in [1.29, 1.82) is 0 Å². The van der Waals surface area contributed by atoms with Crippen LogP contribution in [0.1, 0.15) is 16.7 Å². The third-order valence-corrected chi connectivity index (χ3v) is 4.95. The van der Waals surface area contributed by atoms with Gasteiger partial charge in [-0.25, -0.2) is 4.68 Å². The van der Waals surface area contributed by atoms with Gasteiger partial charge in [0, 0.05) is 21.7 Å². The number of aryl methyl sites for hydroxylation is 2. The lowest BCUT2D eigenvalue weighted by atomic mass is 10.0. The van der Waals surface area contributed by atoms with E-state index in [0.717, 1.165) is 25.8 Å². The molecule has 0 spiro atoms. The van der Waals surface area contributed by atoms with Crippen LogP contribution in [0.2, 0.25) is 0 Å². The van der Waals surface area contributed by atoms with Gasteiger partial charge in [-0.2, -0.15) is 5.10 Å². The van der Waals surface area contributed by atoms with Crippen LogP contribution >= 0.6 is 22.6 Å². The fourth-order valence-corrected chi connectivity index (χ4v) is 3.07. The van der Waals surface area contributed by atoms with Gasteiger partial charge in [0.25, 0.3) is 5.56 Å². The van der Waals surface area contributed by atoms with Crippen molar-refractivity contribution in [1.82, 2.24) is 15.1 Å². The van der Waals surface area contributed by atoms with Crippen LogP contribution in [0.3, 0.4) is 0 Å². The second-order valence-corrected chi connectivity index (χ2v) is 7.68. The summed E-state index contributed by atoms with van der Waals surface area (Å²) >= 11 is 2.24. The minimum atomic E-state index is -0.298. The first-order valence-electron chi connectivity index (χ1n) is 8.59. The lowest BCUT2D eigenvalue weighted by molar-refractivity contribution is -0.122. The highest BCUT2D eigenvalue weighted by molar-refractivity contribution is 14.1. The number of nitrogens with zero attached hydrogens (tertiary/aromatic N) is 2. The summed E-state index contributed by atoms with van der Waals surface area (Å²) in [6.07, 6.45) is 0. The number of nitrogens with one attached hydrogen (secondary N) is 1. The first-order valence-corrected chi connectivity index (χ1v) is 9.67. The van der Waals surface area contributed by atoms with Crippen LogP contribution in [-0.4, -0.2) is 15.7 Å². The molecule has 0 radical (unpaired) electrons. The van der Waals surface area contributed by atoms with Crippen LogP contribution in [-0.2, 0) is 17.9 Å². The zero-order valence-electron chi connectivity index (χ0n) is 15.2. The van der Waals surface area contributed by atoms with Gasteiger partial charge in [0.1, 0.15) is 6.54 Å². The zero-order valence-corrected chi connectivity index (χ0v) is 17.4. The standard InChI is InChI=1S/C21H20IN3O2/c1-14-3-4-15(2)18(11-14)19-9-10-21(27)25(24-19)13-20(26)23-12-16-5-7-17(22)8-6-16/h3-11H,12-13H2,1-2H3,(H,23,26). The van der Waals surface area contributed by atoms with Crippen LogP contribution in [0.5, 0.6) is 0 Å². The molecule has 0 bridgehead atoms. The molecular weight excluding hydrogens is 453 g/mol. The highest BCUT2D eigenvalue weighted by Gasteiger charge is 2.10. The number of hydrogen-bond acceptors (Lipinski definition) is 3. The molecule has 3 aromatic rings. The van der Waals surface area contributed by atoms with Crippen molar-refractivity contribution in [3.8, 4) is 11.3 Å². The molecule has 1 N–H and O–H groups in total. The molecule has 0 saturated carbocycles. The Morgan fingerprint density at radius 3 is 2.56 bits per heavy atom. The minimum absolute atomic E-state index is 0.109. The normalized spacial score (nSPS) is 10.6. The van der Waals surface area contributed by atoms with Gasteiger partial charge in [-0.1, -0.05) is 29.8 Å². The largest absolute Gasteiger partial charge is 0.350 e. The van der Waals surface area contributed by atoms with E-state index in [1.54, 1.807) is 6.07 Å². The number of carbonyl (C=O) groups excluding carboxylic acids is 1. The Balaban J connectivity index is 1.74. The lowest BCUT2D eigenvalue weighted by Crippen LogP contribution is -2.33. The molecule has 0 fully saturated rings. The van der Waals surface area contributed by atoms with Gasteiger partial charge >= 0.3 is 0 Å². The number of carbonyl (C=O) groups is 1. The number of hydrogen-bond donors (Lipinski definition) is 1. The maximum Gasteiger partial charge on any atom is 0.267 e. The van der Waals surface area contributed by atoms with Gasteiger partial charge in [0.15, 0.2) is 0 Å². The molecule has 3 rings (SSSR count). The smallest absolute Gasteiger partial charge is 0.267 e. The fourth-order valence-electron chi connectivity index (χ4n) is 2.71. The molecule has 1 aromatic heterocycles. The average molecular weight is 473 g/mol. The topological polar surface area (TPSA) is 64.0 Å². The Morgan fingerprint density at radius 1 is 1.07 bits per heavy atom. The monoisotopic (exact) mass is 473 g/mol. The predicted octanol–water partition coefficient (Wildman–Crippen LogP) is 3.45. The zero-order chi connectivity index (χ0) is 19.4. The van der Waals surface area contributed by atoms with Crippen molar-refractivity contribution < 1.29 is 4.79 Å². The molecule has 27 heavy (non-hydrogen) atoms. The maximum atomic E-state index is 12.3. The fraction of sp³-hybridized carbons (Fsp3) is 0.190. The molecule has 138 valence electrons. The molecule has 0 atom stereocenters. The van der Waals surface area contributed by atoms with Gasteiger partial charge in [0.05, 0.1) is 5.69 Å². The number of benzene rings is 2. The molecule has 1 amide bonds. The third kappa shape index (κ3) is 5.03. The highest BCUT2D eigenvalue weighted by atomic mass is 127. The number of rotatable bonds is 5. The van der Waals surface area contributed by atoms with E-state index in [1.807, 2.05) is 56.3 Å². The Kier molecular flexibility index (Phi) is 6.05. The second kappa shape index (κ2) is 8.47. The quantitative estimate of drug-likeness (QED) is 0.578. The summed E-state index contributed by atoms with van der Waals surface area (Å²) in [4.78, 5) is 24.4. The lowest BCUT2D eigenvalue weighted by Gasteiger charge is -2.10.